The van der Waals surface area contributed by atoms with Crippen molar-refractivity contribution in [1.82, 2.24) is 4.90 Å². The van der Waals surface area contributed by atoms with E-state index in [2.05, 4.69) is 13.8 Å². The molecule has 0 heterocycles. The van der Waals surface area contributed by atoms with E-state index in [0.717, 1.165) is 13.0 Å². The summed E-state index contributed by atoms with van der Waals surface area (Å²) in [6.07, 6.45) is 7.79. The Morgan fingerprint density at radius 2 is 1.77 bits per heavy atom. The number of esters is 1. The number of hydrogen-bond donors (Lipinski definition) is 0. The lowest BCUT2D eigenvalue weighted by Gasteiger charge is -2.29. The third kappa shape index (κ3) is 6.80. The zero-order chi connectivity index (χ0) is 16.5. The number of rotatable bonds is 8. The molecule has 0 aromatic carbocycles. The van der Waals surface area contributed by atoms with Crippen LogP contribution in [0.4, 0.5) is 0 Å². The van der Waals surface area contributed by atoms with Crippen molar-refractivity contribution in [2.45, 2.75) is 65.7 Å². The van der Waals surface area contributed by atoms with Crippen molar-refractivity contribution < 1.29 is 14.3 Å². The molecule has 1 aliphatic carbocycles. The average molecular weight is 311 g/mol. The maximum absolute atomic E-state index is 12.6. The van der Waals surface area contributed by atoms with Crippen LogP contribution >= 0.6 is 0 Å². The first-order valence-corrected chi connectivity index (χ1v) is 8.79. The average Bonchev–Trinajstić information content (AvgIpc) is 2.50. The number of amides is 1. The molecule has 0 radical (unpaired) electrons. The lowest BCUT2D eigenvalue weighted by Crippen LogP contribution is -2.39. The van der Waals surface area contributed by atoms with Gasteiger partial charge in [-0.3, -0.25) is 9.59 Å². The van der Waals surface area contributed by atoms with Crippen molar-refractivity contribution in [3.8, 4) is 0 Å². The minimum absolute atomic E-state index is 0.211. The second kappa shape index (κ2) is 9.86. The molecule has 0 aromatic heterocycles. The molecule has 1 rings (SSSR count). The lowest BCUT2D eigenvalue weighted by atomic mass is 9.86. The summed E-state index contributed by atoms with van der Waals surface area (Å²) < 4.78 is 4.79. The highest BCUT2D eigenvalue weighted by molar-refractivity contribution is 5.78. The molecular weight excluding hydrogens is 278 g/mol. The summed E-state index contributed by atoms with van der Waals surface area (Å²) in [6.45, 7) is 7.37. The molecule has 0 saturated heterocycles. The van der Waals surface area contributed by atoms with Gasteiger partial charge in [0.2, 0.25) is 5.91 Å². The third-order valence-corrected chi connectivity index (χ3v) is 4.61. The second-order valence-corrected chi connectivity index (χ2v) is 7.15. The summed E-state index contributed by atoms with van der Waals surface area (Å²) in [5.41, 5.74) is 0. The van der Waals surface area contributed by atoms with Crippen LogP contribution in [0, 0.1) is 17.8 Å². The normalized spacial score (nSPS) is 17.3. The molecule has 22 heavy (non-hydrogen) atoms. The molecule has 4 heteroatoms. The van der Waals surface area contributed by atoms with Gasteiger partial charge in [-0.05, 0) is 31.1 Å². The third-order valence-electron chi connectivity index (χ3n) is 4.61. The Labute approximate surface area is 135 Å². The molecule has 0 aromatic rings. The second-order valence-electron chi connectivity index (χ2n) is 7.15. The van der Waals surface area contributed by atoms with Gasteiger partial charge in [0.25, 0.3) is 0 Å². The van der Waals surface area contributed by atoms with Crippen molar-refractivity contribution in [3.63, 3.8) is 0 Å². The van der Waals surface area contributed by atoms with E-state index >= 15 is 0 Å². The quantitative estimate of drug-likeness (QED) is 0.643. The number of ether oxygens (including phenoxy) is 1. The number of carbonyl (C=O) groups excluding carboxylic acids is 2. The number of carbonyl (C=O) groups is 2. The first kappa shape index (κ1) is 19.0. The fourth-order valence-corrected chi connectivity index (χ4v) is 3.11. The molecule has 1 saturated carbocycles. The van der Waals surface area contributed by atoms with E-state index in [1.165, 1.54) is 39.2 Å². The molecule has 0 bridgehead atoms. The Morgan fingerprint density at radius 1 is 1.14 bits per heavy atom. The predicted molar refractivity (Wildman–Crippen MR) is 88.4 cm³/mol. The van der Waals surface area contributed by atoms with Crippen LogP contribution in [0.25, 0.3) is 0 Å². The topological polar surface area (TPSA) is 46.6 Å². The summed E-state index contributed by atoms with van der Waals surface area (Å²) in [7, 11) is 1.40. The molecule has 0 N–H and O–H groups in total. The van der Waals surface area contributed by atoms with Gasteiger partial charge in [-0.15, -0.1) is 0 Å². The zero-order valence-corrected chi connectivity index (χ0v) is 14.8. The first-order valence-electron chi connectivity index (χ1n) is 8.79. The summed E-state index contributed by atoms with van der Waals surface area (Å²) in [4.78, 5) is 26.2. The highest BCUT2D eigenvalue weighted by Gasteiger charge is 2.24. The number of nitrogens with zero attached hydrogens (tertiary/aromatic N) is 1. The SMILES string of the molecule is COC(=O)C(C)CN(CCC(C)C)C(=O)CC1CCCCC1. The number of methoxy groups -OCH3 is 1. The maximum atomic E-state index is 12.6. The summed E-state index contributed by atoms with van der Waals surface area (Å²) in [6, 6.07) is 0. The monoisotopic (exact) mass is 311 g/mol. The van der Waals surface area contributed by atoms with Gasteiger partial charge in [0.1, 0.15) is 0 Å². The maximum Gasteiger partial charge on any atom is 0.310 e. The predicted octanol–water partition coefficient (Wildman–Crippen LogP) is 3.64. The minimum Gasteiger partial charge on any atom is -0.469 e. The van der Waals surface area contributed by atoms with E-state index in [1.54, 1.807) is 0 Å². The standard InChI is InChI=1S/C18H33NO3/c1-14(2)10-11-19(13-15(3)18(21)22-4)17(20)12-16-8-6-5-7-9-16/h14-16H,5-13H2,1-4H3. The largest absolute Gasteiger partial charge is 0.469 e. The van der Waals surface area contributed by atoms with Crippen molar-refractivity contribution in [3.05, 3.63) is 0 Å². The van der Waals surface area contributed by atoms with E-state index in [1.807, 2.05) is 11.8 Å². The minimum atomic E-state index is -0.257. The van der Waals surface area contributed by atoms with E-state index in [4.69, 9.17) is 4.74 Å². The molecule has 0 spiro atoms. The Kier molecular flexibility index (Phi) is 8.51. The Balaban J connectivity index is 2.57. The van der Waals surface area contributed by atoms with Crippen LogP contribution in [-0.2, 0) is 14.3 Å². The fraction of sp³-hybridized carbons (Fsp3) is 0.889. The Morgan fingerprint density at radius 3 is 2.32 bits per heavy atom. The van der Waals surface area contributed by atoms with Crippen LogP contribution in [0.5, 0.6) is 0 Å². The molecule has 1 fully saturated rings. The highest BCUT2D eigenvalue weighted by Crippen LogP contribution is 2.27. The van der Waals surface area contributed by atoms with Gasteiger partial charge in [0.15, 0.2) is 0 Å². The van der Waals surface area contributed by atoms with Crippen LogP contribution in [0.1, 0.15) is 65.7 Å². The summed E-state index contributed by atoms with van der Waals surface area (Å²) in [5.74, 6) is 0.811. The molecule has 1 amide bonds. The molecule has 1 aliphatic rings. The molecule has 1 atom stereocenters. The van der Waals surface area contributed by atoms with Crippen LogP contribution < -0.4 is 0 Å². The van der Waals surface area contributed by atoms with Crippen molar-refractivity contribution in [2.24, 2.45) is 17.8 Å². The Bertz CT molecular complexity index is 348. The molecule has 4 nitrogen and oxygen atoms in total. The van der Waals surface area contributed by atoms with E-state index in [9.17, 15) is 9.59 Å². The number of hydrogen-bond acceptors (Lipinski definition) is 3. The van der Waals surface area contributed by atoms with Crippen LogP contribution in [0.3, 0.4) is 0 Å². The molecular formula is C18H33NO3. The van der Waals surface area contributed by atoms with Crippen molar-refractivity contribution in [2.75, 3.05) is 20.2 Å². The summed E-state index contributed by atoms with van der Waals surface area (Å²) >= 11 is 0. The van der Waals surface area contributed by atoms with Crippen molar-refractivity contribution >= 4 is 11.9 Å². The van der Waals surface area contributed by atoms with Crippen LogP contribution in [0.2, 0.25) is 0 Å². The van der Waals surface area contributed by atoms with E-state index < -0.39 is 0 Å². The summed E-state index contributed by atoms with van der Waals surface area (Å²) in [5, 5.41) is 0. The molecule has 128 valence electrons. The Hall–Kier alpha value is -1.06. The fourth-order valence-electron chi connectivity index (χ4n) is 3.11. The zero-order valence-electron chi connectivity index (χ0n) is 14.8. The van der Waals surface area contributed by atoms with Gasteiger partial charge >= 0.3 is 5.97 Å². The van der Waals surface area contributed by atoms with Gasteiger partial charge in [-0.1, -0.05) is 40.0 Å². The van der Waals surface area contributed by atoms with E-state index in [0.29, 0.717) is 24.8 Å². The molecule has 0 aliphatic heterocycles. The lowest BCUT2D eigenvalue weighted by molar-refractivity contribution is -0.146. The van der Waals surface area contributed by atoms with Gasteiger partial charge < -0.3 is 9.64 Å². The van der Waals surface area contributed by atoms with Gasteiger partial charge in [-0.2, -0.15) is 0 Å². The van der Waals surface area contributed by atoms with E-state index in [-0.39, 0.29) is 17.8 Å². The van der Waals surface area contributed by atoms with Gasteiger partial charge in [0, 0.05) is 19.5 Å². The van der Waals surface area contributed by atoms with Gasteiger partial charge in [-0.25, -0.2) is 0 Å². The van der Waals surface area contributed by atoms with Gasteiger partial charge in [0.05, 0.1) is 13.0 Å². The smallest absolute Gasteiger partial charge is 0.310 e. The van der Waals surface area contributed by atoms with Crippen LogP contribution in [-0.4, -0.2) is 37.0 Å². The van der Waals surface area contributed by atoms with Crippen LogP contribution in [0.15, 0.2) is 0 Å². The highest BCUT2D eigenvalue weighted by atomic mass is 16.5. The van der Waals surface area contributed by atoms with Crippen molar-refractivity contribution in [1.29, 1.82) is 0 Å². The first-order chi connectivity index (χ1) is 10.4. The molecule has 1 unspecified atom stereocenters.